The second kappa shape index (κ2) is 8.48. The maximum Gasteiger partial charge on any atom is 0.259 e. The predicted molar refractivity (Wildman–Crippen MR) is 124 cm³/mol. The fraction of sp³-hybridized carbons (Fsp3) is 0.263. The van der Waals surface area contributed by atoms with Crippen molar-refractivity contribution in [3.05, 3.63) is 51.5 Å². The zero-order chi connectivity index (χ0) is 23.3. The number of aliphatic hydroxyl groups excluding tert-OH is 3. The number of fused-ring (bicyclic) bond motifs is 2. The molecular formula is C19H16BrN7O5S. The Hall–Kier alpha value is -2.88. The predicted octanol–water partition coefficient (Wildman–Crippen LogP) is 0.224. The van der Waals surface area contributed by atoms with E-state index >= 15 is 0 Å². The molecule has 12 nitrogen and oxygen atoms in total. The molecule has 3 aromatic heterocycles. The van der Waals surface area contributed by atoms with E-state index in [4.69, 9.17) is 17.0 Å². The van der Waals surface area contributed by atoms with Crippen LogP contribution in [0.2, 0.25) is 0 Å². The van der Waals surface area contributed by atoms with Crippen molar-refractivity contribution >= 4 is 61.0 Å². The molecule has 0 saturated carbocycles. The number of H-pyrrole nitrogens is 1. The number of hydrogen-bond acceptors (Lipinski definition) is 10. The third-order valence-electron chi connectivity index (χ3n) is 5.27. The molecule has 14 heteroatoms. The molecule has 0 amide bonds. The number of nitrogens with one attached hydrogen (secondary N) is 2. The number of aliphatic hydroxyl groups is 3. The number of aromatic amines is 1. The normalized spacial score (nSPS) is 22.8. The first-order valence-corrected chi connectivity index (χ1v) is 10.9. The molecule has 1 saturated heterocycles. The molecule has 4 atom stereocenters. The average Bonchev–Trinajstić information content (AvgIpc) is 3.29. The minimum Gasteiger partial charge on any atom is -0.394 e. The van der Waals surface area contributed by atoms with Crippen LogP contribution in [0.15, 0.2) is 40.1 Å². The summed E-state index contributed by atoms with van der Waals surface area (Å²) in [7, 11) is 0. The molecule has 5 N–H and O–H groups in total. The Morgan fingerprint density at radius 1 is 1.24 bits per heavy atom. The van der Waals surface area contributed by atoms with Gasteiger partial charge in [-0.05, 0) is 28.1 Å². The molecule has 1 aliphatic rings. The number of nitrogens with zero attached hydrogens (tertiary/aromatic N) is 5. The van der Waals surface area contributed by atoms with E-state index in [1.54, 1.807) is 24.3 Å². The van der Waals surface area contributed by atoms with Crippen LogP contribution in [0.25, 0.3) is 22.1 Å². The van der Waals surface area contributed by atoms with Gasteiger partial charge in [-0.3, -0.25) is 9.36 Å². The second-order valence-electron chi connectivity index (χ2n) is 7.26. The van der Waals surface area contributed by atoms with E-state index in [0.717, 1.165) is 0 Å². The Bertz CT molecular complexity index is 1440. The van der Waals surface area contributed by atoms with Gasteiger partial charge in [-0.15, -0.1) is 0 Å². The highest BCUT2D eigenvalue weighted by atomic mass is 79.9. The van der Waals surface area contributed by atoms with Crippen molar-refractivity contribution in [3.8, 4) is 0 Å². The number of benzene rings is 1. The third-order valence-corrected chi connectivity index (χ3v) is 6.12. The van der Waals surface area contributed by atoms with Crippen LogP contribution in [0.3, 0.4) is 0 Å². The summed E-state index contributed by atoms with van der Waals surface area (Å²) < 4.78 is 7.28. The number of thiocarbonyl (C=S) groups is 1. The van der Waals surface area contributed by atoms with Crippen LogP contribution in [0, 0.1) is 0 Å². The molecular weight excluding hydrogens is 518 g/mol. The fourth-order valence-corrected chi connectivity index (χ4v) is 4.39. The van der Waals surface area contributed by atoms with Gasteiger partial charge in [0.25, 0.3) is 5.56 Å². The molecule has 5 rings (SSSR count). The SMILES string of the molecule is O=c1[nH]c(C(=S)Nc2ncnc3c2nc(Br)n3C2OC(CO)C(O)C2O)nc2ccccc12. The fourth-order valence-electron chi connectivity index (χ4n) is 3.65. The lowest BCUT2D eigenvalue weighted by atomic mass is 10.1. The smallest absolute Gasteiger partial charge is 0.259 e. The highest BCUT2D eigenvalue weighted by molar-refractivity contribution is 9.10. The Kier molecular flexibility index (Phi) is 5.64. The first-order valence-electron chi connectivity index (χ1n) is 9.70. The van der Waals surface area contributed by atoms with Gasteiger partial charge in [0.05, 0.1) is 17.5 Å². The van der Waals surface area contributed by atoms with Crippen molar-refractivity contribution in [2.24, 2.45) is 0 Å². The summed E-state index contributed by atoms with van der Waals surface area (Å²) in [6.45, 7) is -0.466. The zero-order valence-electron chi connectivity index (χ0n) is 16.6. The molecule has 170 valence electrons. The van der Waals surface area contributed by atoms with Crippen LogP contribution < -0.4 is 10.9 Å². The van der Waals surface area contributed by atoms with Crippen molar-refractivity contribution in [1.29, 1.82) is 0 Å². The van der Waals surface area contributed by atoms with Crippen molar-refractivity contribution in [2.75, 3.05) is 11.9 Å². The maximum atomic E-state index is 12.4. The Morgan fingerprint density at radius 3 is 2.79 bits per heavy atom. The minimum absolute atomic E-state index is 0.108. The molecule has 4 heterocycles. The molecule has 0 bridgehead atoms. The van der Waals surface area contributed by atoms with Crippen LogP contribution in [0.1, 0.15) is 12.1 Å². The molecule has 4 aromatic rings. The van der Waals surface area contributed by atoms with Gasteiger partial charge in [-0.25, -0.2) is 19.9 Å². The van der Waals surface area contributed by atoms with Crippen LogP contribution in [-0.2, 0) is 4.74 Å². The molecule has 1 fully saturated rings. The standard InChI is InChI=1S/C19H16BrN7O5S/c20-19-24-10-13(26-17(33)14-23-8-4-2-1-3-7(8)16(31)25-14)21-6-22-15(10)27(19)18-12(30)11(29)9(5-28)32-18/h1-4,6,9,11-12,18,28-30H,5H2,(H,23,25,31)(H,21,22,26,33). The highest BCUT2D eigenvalue weighted by Crippen LogP contribution is 2.35. The Balaban J connectivity index is 1.51. The molecule has 0 radical (unpaired) electrons. The first kappa shape index (κ1) is 21.9. The van der Waals surface area contributed by atoms with Crippen LogP contribution in [0.4, 0.5) is 5.82 Å². The van der Waals surface area contributed by atoms with Gasteiger partial charge in [-0.2, -0.15) is 0 Å². The number of para-hydroxylation sites is 1. The number of hydrogen-bond donors (Lipinski definition) is 5. The number of imidazole rings is 1. The van der Waals surface area contributed by atoms with Crippen molar-refractivity contribution in [3.63, 3.8) is 0 Å². The molecule has 4 unspecified atom stereocenters. The van der Waals surface area contributed by atoms with Crippen molar-refractivity contribution in [2.45, 2.75) is 24.5 Å². The number of aromatic nitrogens is 6. The maximum absolute atomic E-state index is 12.4. The van der Waals surface area contributed by atoms with Gasteiger partial charge < -0.3 is 30.4 Å². The third kappa shape index (κ3) is 3.70. The summed E-state index contributed by atoms with van der Waals surface area (Å²) in [6, 6.07) is 6.88. The largest absolute Gasteiger partial charge is 0.394 e. The summed E-state index contributed by atoms with van der Waals surface area (Å²) in [6.07, 6.45) is -3.36. The summed E-state index contributed by atoms with van der Waals surface area (Å²) in [4.78, 5) is 32.3. The van der Waals surface area contributed by atoms with E-state index in [0.29, 0.717) is 10.9 Å². The zero-order valence-corrected chi connectivity index (χ0v) is 19.0. The second-order valence-corrected chi connectivity index (χ2v) is 8.38. The van der Waals surface area contributed by atoms with E-state index in [-0.39, 0.29) is 38.1 Å². The number of anilines is 1. The molecule has 1 aromatic carbocycles. The Morgan fingerprint density at radius 2 is 2.03 bits per heavy atom. The molecule has 0 aliphatic carbocycles. The number of halogens is 1. The average molecular weight is 534 g/mol. The lowest BCUT2D eigenvalue weighted by Crippen LogP contribution is -2.33. The van der Waals surface area contributed by atoms with Gasteiger partial charge in [0, 0.05) is 0 Å². The van der Waals surface area contributed by atoms with Gasteiger partial charge in [0.15, 0.2) is 33.8 Å². The van der Waals surface area contributed by atoms with E-state index in [9.17, 15) is 20.1 Å². The number of rotatable bonds is 4. The highest BCUT2D eigenvalue weighted by Gasteiger charge is 2.44. The summed E-state index contributed by atoms with van der Waals surface area (Å²) in [5, 5.41) is 33.3. The monoisotopic (exact) mass is 533 g/mol. The van der Waals surface area contributed by atoms with E-state index < -0.39 is 31.1 Å². The van der Waals surface area contributed by atoms with Gasteiger partial charge in [-0.1, -0.05) is 24.4 Å². The van der Waals surface area contributed by atoms with E-state index in [2.05, 4.69) is 46.2 Å². The van der Waals surface area contributed by atoms with Crippen molar-refractivity contribution in [1.82, 2.24) is 29.5 Å². The van der Waals surface area contributed by atoms with Crippen LogP contribution in [-0.4, -0.2) is 74.7 Å². The van der Waals surface area contributed by atoms with Gasteiger partial charge >= 0.3 is 0 Å². The van der Waals surface area contributed by atoms with Gasteiger partial charge in [0.2, 0.25) is 0 Å². The lowest BCUT2D eigenvalue weighted by Gasteiger charge is -2.17. The van der Waals surface area contributed by atoms with Crippen LogP contribution >= 0.6 is 28.1 Å². The van der Waals surface area contributed by atoms with E-state index in [1.165, 1.54) is 10.9 Å². The summed E-state index contributed by atoms with van der Waals surface area (Å²) in [5.74, 6) is 0.384. The Labute approximate surface area is 198 Å². The number of ether oxygens (including phenoxy) is 1. The summed E-state index contributed by atoms with van der Waals surface area (Å²) in [5.41, 5.74) is 0.721. The molecule has 33 heavy (non-hydrogen) atoms. The molecule has 0 spiro atoms. The molecule has 1 aliphatic heterocycles. The van der Waals surface area contributed by atoms with Gasteiger partial charge in [0.1, 0.15) is 29.6 Å². The van der Waals surface area contributed by atoms with Crippen LogP contribution in [0.5, 0.6) is 0 Å². The first-order chi connectivity index (χ1) is 15.9. The minimum atomic E-state index is -1.32. The van der Waals surface area contributed by atoms with Crippen molar-refractivity contribution < 1.29 is 20.1 Å². The quantitative estimate of drug-likeness (QED) is 0.179. The topological polar surface area (TPSA) is 171 Å². The lowest BCUT2D eigenvalue weighted by molar-refractivity contribution is -0.0521. The van der Waals surface area contributed by atoms with E-state index in [1.807, 2.05) is 0 Å². The summed E-state index contributed by atoms with van der Waals surface area (Å²) >= 11 is 8.74.